The van der Waals surface area contributed by atoms with Crippen molar-refractivity contribution in [2.45, 2.75) is 6.61 Å². The van der Waals surface area contributed by atoms with E-state index in [-0.39, 0.29) is 5.91 Å². The monoisotopic (exact) mass is 476 g/mol. The van der Waals surface area contributed by atoms with Crippen molar-refractivity contribution < 1.29 is 14.3 Å². The van der Waals surface area contributed by atoms with E-state index in [0.717, 1.165) is 13.6 Å². The van der Waals surface area contributed by atoms with E-state index in [1.165, 1.54) is 7.11 Å². The lowest BCUT2D eigenvalue weighted by Crippen LogP contribution is -2.30. The molecule has 0 bridgehead atoms. The lowest BCUT2D eigenvalue weighted by Gasteiger charge is -2.14. The second-order valence-corrected chi connectivity index (χ2v) is 6.46. The number of hydrazine groups is 1. The van der Waals surface area contributed by atoms with Gasteiger partial charge in [0.25, 0.3) is 5.91 Å². The molecule has 0 aliphatic rings. The summed E-state index contributed by atoms with van der Waals surface area (Å²) in [6.07, 6.45) is 0. The van der Waals surface area contributed by atoms with Crippen LogP contribution in [0.25, 0.3) is 0 Å². The Bertz CT molecular complexity index is 694. The number of carbonyl (C=O) groups excluding carboxylic acids is 1. The maximum atomic E-state index is 11.6. The molecule has 0 heterocycles. The maximum absolute atomic E-state index is 11.6. The van der Waals surface area contributed by atoms with Crippen molar-refractivity contribution in [3.63, 3.8) is 0 Å². The highest BCUT2D eigenvalue weighted by atomic mass is 127. The molecule has 7 heteroatoms. The Morgan fingerprint density at radius 2 is 2.14 bits per heavy atom. The average molecular weight is 477 g/mol. The molecule has 0 aromatic heterocycles. The number of rotatable bonds is 5. The molecule has 0 saturated carbocycles. The number of nitrogens with one attached hydrogen (secondary N) is 1. The Hall–Kier alpha value is -1.32. The minimum Gasteiger partial charge on any atom is -0.493 e. The van der Waals surface area contributed by atoms with Crippen molar-refractivity contribution in [1.29, 1.82) is 0 Å². The molecule has 2 aromatic rings. The topological polar surface area (TPSA) is 73.6 Å². The SMILES string of the molecule is COc1cc(C(=O)NN)cc(I)c1OCc1cccc(Br)c1. The standard InChI is InChI=1S/C15H14BrIN2O3/c1-21-13-7-10(15(20)19-18)6-12(17)14(13)22-8-9-3-2-4-11(16)5-9/h2-7H,8,18H2,1H3,(H,19,20). The highest BCUT2D eigenvalue weighted by molar-refractivity contribution is 14.1. The summed E-state index contributed by atoms with van der Waals surface area (Å²) in [5.74, 6) is 5.85. The van der Waals surface area contributed by atoms with Crippen molar-refractivity contribution in [3.8, 4) is 11.5 Å². The van der Waals surface area contributed by atoms with Crippen molar-refractivity contribution in [2.24, 2.45) is 5.84 Å². The fraction of sp³-hybridized carbons (Fsp3) is 0.133. The van der Waals surface area contributed by atoms with Crippen LogP contribution in [-0.2, 0) is 6.61 Å². The van der Waals surface area contributed by atoms with Gasteiger partial charge >= 0.3 is 0 Å². The number of methoxy groups -OCH3 is 1. The normalized spacial score (nSPS) is 10.2. The van der Waals surface area contributed by atoms with Crippen LogP contribution >= 0.6 is 38.5 Å². The Morgan fingerprint density at radius 3 is 2.77 bits per heavy atom. The van der Waals surface area contributed by atoms with Gasteiger partial charge in [-0.05, 0) is 52.4 Å². The summed E-state index contributed by atoms with van der Waals surface area (Å²) < 4.78 is 12.9. The molecule has 5 nitrogen and oxygen atoms in total. The number of nitrogen functional groups attached to an aromatic ring is 1. The van der Waals surface area contributed by atoms with Crippen LogP contribution in [0.3, 0.4) is 0 Å². The molecule has 0 unspecified atom stereocenters. The van der Waals surface area contributed by atoms with Crippen molar-refractivity contribution in [1.82, 2.24) is 5.43 Å². The first kappa shape index (κ1) is 17.0. The van der Waals surface area contributed by atoms with Crippen LogP contribution in [0.2, 0.25) is 0 Å². The van der Waals surface area contributed by atoms with E-state index in [1.807, 2.05) is 24.3 Å². The second kappa shape index (κ2) is 7.80. The van der Waals surface area contributed by atoms with Crippen molar-refractivity contribution in [2.75, 3.05) is 7.11 Å². The molecular formula is C15H14BrIN2O3. The molecule has 22 heavy (non-hydrogen) atoms. The van der Waals surface area contributed by atoms with Gasteiger partial charge in [0.1, 0.15) is 6.61 Å². The molecule has 2 aromatic carbocycles. The molecular weight excluding hydrogens is 463 g/mol. The Kier molecular flexibility index (Phi) is 6.04. The fourth-order valence-electron chi connectivity index (χ4n) is 1.86. The Labute approximate surface area is 150 Å². The lowest BCUT2D eigenvalue weighted by molar-refractivity contribution is 0.0953. The first-order valence-electron chi connectivity index (χ1n) is 6.31. The van der Waals surface area contributed by atoms with Crippen molar-refractivity contribution in [3.05, 3.63) is 55.6 Å². The van der Waals surface area contributed by atoms with Gasteiger partial charge in [0.05, 0.1) is 10.7 Å². The van der Waals surface area contributed by atoms with E-state index >= 15 is 0 Å². The van der Waals surface area contributed by atoms with Crippen LogP contribution in [0.1, 0.15) is 15.9 Å². The molecule has 0 spiro atoms. The summed E-state index contributed by atoms with van der Waals surface area (Å²) in [6, 6.07) is 11.1. The third-order valence-corrected chi connectivity index (χ3v) is 4.19. The molecule has 0 fully saturated rings. The molecule has 0 radical (unpaired) electrons. The summed E-state index contributed by atoms with van der Waals surface area (Å²) in [5, 5.41) is 0. The molecule has 0 saturated heterocycles. The molecule has 116 valence electrons. The predicted octanol–water partition coefficient (Wildman–Crippen LogP) is 3.24. The highest BCUT2D eigenvalue weighted by Crippen LogP contribution is 2.34. The Balaban J connectivity index is 2.25. The van der Waals surface area contributed by atoms with E-state index in [9.17, 15) is 4.79 Å². The molecule has 0 aliphatic carbocycles. The number of halogens is 2. The second-order valence-electron chi connectivity index (χ2n) is 4.38. The summed E-state index contributed by atoms with van der Waals surface area (Å²) in [6.45, 7) is 0.397. The van der Waals surface area contributed by atoms with Crippen LogP contribution < -0.4 is 20.7 Å². The zero-order valence-corrected chi connectivity index (χ0v) is 15.5. The fourth-order valence-corrected chi connectivity index (χ4v) is 3.06. The third kappa shape index (κ3) is 4.11. The zero-order chi connectivity index (χ0) is 16.1. The van der Waals surface area contributed by atoms with Gasteiger partial charge in [-0.25, -0.2) is 5.84 Å². The number of benzene rings is 2. The zero-order valence-electron chi connectivity index (χ0n) is 11.7. The van der Waals surface area contributed by atoms with Gasteiger partial charge in [0, 0.05) is 10.0 Å². The number of carbonyl (C=O) groups is 1. The first-order chi connectivity index (χ1) is 10.5. The highest BCUT2D eigenvalue weighted by Gasteiger charge is 2.15. The van der Waals surface area contributed by atoms with Crippen LogP contribution in [0.15, 0.2) is 40.9 Å². The van der Waals surface area contributed by atoms with Gasteiger partial charge in [0.2, 0.25) is 0 Å². The summed E-state index contributed by atoms with van der Waals surface area (Å²) in [7, 11) is 1.53. The van der Waals surface area contributed by atoms with Gasteiger partial charge in [0.15, 0.2) is 11.5 Å². The molecule has 2 rings (SSSR count). The summed E-state index contributed by atoms with van der Waals surface area (Å²) in [4.78, 5) is 11.6. The number of hydrogen-bond acceptors (Lipinski definition) is 4. The maximum Gasteiger partial charge on any atom is 0.265 e. The number of hydrogen-bond donors (Lipinski definition) is 2. The lowest BCUT2D eigenvalue weighted by atomic mass is 10.2. The van der Waals surface area contributed by atoms with Crippen LogP contribution in [-0.4, -0.2) is 13.0 Å². The predicted molar refractivity (Wildman–Crippen MR) is 95.8 cm³/mol. The van der Waals surface area contributed by atoms with Gasteiger partial charge in [-0.1, -0.05) is 28.1 Å². The van der Waals surface area contributed by atoms with Crippen LogP contribution in [0.5, 0.6) is 11.5 Å². The largest absolute Gasteiger partial charge is 0.493 e. The van der Waals surface area contributed by atoms with Gasteiger partial charge < -0.3 is 9.47 Å². The van der Waals surface area contributed by atoms with Crippen LogP contribution in [0, 0.1) is 3.57 Å². The van der Waals surface area contributed by atoms with E-state index < -0.39 is 0 Å². The quantitative estimate of drug-likeness (QED) is 0.300. The Morgan fingerprint density at radius 1 is 1.36 bits per heavy atom. The number of ether oxygens (including phenoxy) is 2. The minimum atomic E-state index is -0.380. The van der Waals surface area contributed by atoms with Crippen LogP contribution in [0.4, 0.5) is 0 Å². The van der Waals surface area contributed by atoms with E-state index in [1.54, 1.807) is 12.1 Å². The number of nitrogens with two attached hydrogens (primary N) is 1. The van der Waals surface area contributed by atoms with E-state index in [4.69, 9.17) is 15.3 Å². The van der Waals surface area contributed by atoms with Gasteiger partial charge in [-0.2, -0.15) is 0 Å². The minimum absolute atomic E-state index is 0.380. The summed E-state index contributed by atoms with van der Waals surface area (Å²) >= 11 is 5.53. The smallest absolute Gasteiger partial charge is 0.265 e. The van der Waals surface area contributed by atoms with Gasteiger partial charge in [-0.3, -0.25) is 10.2 Å². The van der Waals surface area contributed by atoms with E-state index in [0.29, 0.717) is 23.7 Å². The average Bonchev–Trinajstić information content (AvgIpc) is 2.52. The molecule has 3 N–H and O–H groups in total. The molecule has 0 atom stereocenters. The van der Waals surface area contributed by atoms with Gasteiger partial charge in [-0.15, -0.1) is 0 Å². The molecule has 1 amide bonds. The summed E-state index contributed by atoms with van der Waals surface area (Å²) in [5.41, 5.74) is 3.54. The first-order valence-corrected chi connectivity index (χ1v) is 8.18. The number of amides is 1. The third-order valence-electron chi connectivity index (χ3n) is 2.89. The molecule has 0 aliphatic heterocycles. The van der Waals surface area contributed by atoms with Crippen molar-refractivity contribution >= 4 is 44.4 Å². The van der Waals surface area contributed by atoms with E-state index in [2.05, 4.69) is 43.9 Å².